The molecule has 0 spiro atoms. The second-order valence-electron chi connectivity index (χ2n) is 20.4. The van der Waals surface area contributed by atoms with E-state index in [2.05, 4.69) is 133 Å². The zero-order chi connectivity index (χ0) is 66.8. The van der Waals surface area contributed by atoms with Crippen molar-refractivity contribution < 1.29 is 187 Å². The molecular formula is C76H87FK2O16. The first-order valence-electron chi connectivity index (χ1n) is 31.4. The fourth-order valence-corrected chi connectivity index (χ4v) is 10.2. The van der Waals surface area contributed by atoms with Gasteiger partial charge in [-0.1, -0.05) is 153 Å². The number of phenols is 2. The monoisotopic (exact) mass is 1350 g/mol. The van der Waals surface area contributed by atoms with Crippen LogP contribution in [-0.4, -0.2) is 157 Å². The van der Waals surface area contributed by atoms with Gasteiger partial charge in [0.15, 0.2) is 0 Å². The molecule has 10 rings (SSSR count). The Morgan fingerprint density at radius 3 is 0.779 bits per heavy atom. The number of carbonyl (C=O) groups excluding carboxylic acids is 1. The number of hydrogen-bond acceptors (Lipinski definition) is 16. The molecule has 0 aliphatic carbocycles. The van der Waals surface area contributed by atoms with E-state index in [0.29, 0.717) is 106 Å². The normalized spacial score (nSPS) is 10.7. The first kappa shape index (κ1) is 80.4. The van der Waals surface area contributed by atoms with Crippen LogP contribution < -0.4 is 118 Å². The average Bonchev–Trinajstić information content (AvgIpc) is 0.757. The minimum absolute atomic E-state index is 0. The van der Waals surface area contributed by atoms with Gasteiger partial charge in [0.05, 0.1) is 101 Å². The van der Waals surface area contributed by atoms with Crippen LogP contribution in [0.3, 0.4) is 0 Å². The second kappa shape index (κ2) is 49.3. The molecule has 10 aromatic carbocycles. The van der Waals surface area contributed by atoms with Gasteiger partial charge in [-0.15, -0.1) is 0 Å². The Hall–Kier alpha value is -5.29. The quantitative estimate of drug-likeness (QED) is 0.00995. The van der Waals surface area contributed by atoms with Gasteiger partial charge in [-0.2, -0.15) is 0 Å². The van der Waals surface area contributed by atoms with Gasteiger partial charge in [0.25, 0.3) is 6.47 Å². The van der Waals surface area contributed by atoms with Crippen molar-refractivity contribution in [3.63, 3.8) is 0 Å². The van der Waals surface area contributed by atoms with Crippen molar-refractivity contribution >= 4 is 49.6 Å². The Kier molecular flexibility index (Phi) is 41.7. The molecule has 0 atom stereocenters. The van der Waals surface area contributed by atoms with Gasteiger partial charge < -0.3 is 73.9 Å². The Balaban J connectivity index is 0.000000419. The van der Waals surface area contributed by atoms with Crippen LogP contribution in [0.5, 0.6) is 23.0 Å². The molecule has 0 saturated carbocycles. The van der Waals surface area contributed by atoms with E-state index in [-0.39, 0.29) is 122 Å². The third-order valence-electron chi connectivity index (χ3n) is 14.3. The van der Waals surface area contributed by atoms with E-state index in [9.17, 15) is 14.6 Å². The zero-order valence-corrected chi connectivity index (χ0v) is 61.7. The van der Waals surface area contributed by atoms with Gasteiger partial charge in [0.2, 0.25) is 0 Å². The molecule has 0 bridgehead atoms. The van der Waals surface area contributed by atoms with Crippen LogP contribution in [0, 0.1) is 0 Å². The minimum Gasteiger partial charge on any atom is -1.00 e. The van der Waals surface area contributed by atoms with E-state index in [1.165, 1.54) is 32.7 Å². The molecule has 0 unspecified atom stereocenters. The summed E-state index contributed by atoms with van der Waals surface area (Å²) in [5.41, 5.74) is 9.15. The van der Waals surface area contributed by atoms with Crippen molar-refractivity contribution in [2.24, 2.45) is 0 Å². The topological polar surface area (TPSA) is 191 Å². The number of carbonyl (C=O) groups is 1. The number of halogens is 1. The number of alkyl halides is 1. The number of benzene rings is 10. The number of fused-ring (bicyclic) bond motifs is 4. The number of aromatic hydroxyl groups is 2. The fourth-order valence-electron chi connectivity index (χ4n) is 10.2. The molecule has 0 amide bonds. The molecule has 0 aromatic heterocycles. The van der Waals surface area contributed by atoms with Crippen molar-refractivity contribution in [1.82, 2.24) is 0 Å². The summed E-state index contributed by atoms with van der Waals surface area (Å²) in [4.78, 5) is 11.2. The summed E-state index contributed by atoms with van der Waals surface area (Å²) in [5.74, 6) is 2.14. The molecule has 0 radical (unpaired) electrons. The summed E-state index contributed by atoms with van der Waals surface area (Å²) in [5, 5.41) is 37.3. The summed E-state index contributed by atoms with van der Waals surface area (Å²) in [6, 6.07) is 65.5. The van der Waals surface area contributed by atoms with Gasteiger partial charge >= 0.3 is 103 Å². The van der Waals surface area contributed by atoms with Crippen LogP contribution in [0.1, 0.15) is 16.1 Å². The van der Waals surface area contributed by atoms with E-state index in [1.54, 1.807) is 45.6 Å². The molecule has 2 N–H and O–H groups in total. The second-order valence-corrected chi connectivity index (χ2v) is 20.4. The van der Waals surface area contributed by atoms with Gasteiger partial charge in [-0.05, 0) is 143 Å². The maximum Gasteiger partial charge on any atom is 1.00 e. The van der Waals surface area contributed by atoms with Crippen molar-refractivity contribution in [2.75, 3.05) is 141 Å². The predicted molar refractivity (Wildman–Crippen MR) is 365 cm³/mol. The van der Waals surface area contributed by atoms with Crippen LogP contribution >= 0.6 is 0 Å². The Morgan fingerprint density at radius 2 is 0.568 bits per heavy atom. The molecule has 496 valence electrons. The summed E-state index contributed by atoms with van der Waals surface area (Å²) < 4.78 is 74.6. The molecule has 0 fully saturated rings. The Labute approximate surface area is 645 Å². The Bertz CT molecular complexity index is 3380. The molecule has 0 heterocycles. The summed E-state index contributed by atoms with van der Waals surface area (Å²) >= 11 is 0. The van der Waals surface area contributed by atoms with Crippen molar-refractivity contribution in [2.45, 2.75) is 13.3 Å². The van der Waals surface area contributed by atoms with Crippen LogP contribution in [0.4, 0.5) is 4.39 Å². The number of ether oxygens (including phenoxy) is 11. The first-order valence-corrected chi connectivity index (χ1v) is 30.7. The number of rotatable bonds is 33. The van der Waals surface area contributed by atoms with Crippen LogP contribution in [0.25, 0.3) is 87.6 Å². The molecular weight excluding hydrogens is 1270 g/mol. The zero-order valence-electron chi connectivity index (χ0n) is 57.5. The van der Waals surface area contributed by atoms with E-state index >= 15 is 0 Å². The summed E-state index contributed by atoms with van der Waals surface area (Å²) in [7, 11) is 3.98. The average molecular weight is 1350 g/mol. The maximum absolute atomic E-state index is 9.96. The third-order valence-corrected chi connectivity index (χ3v) is 14.3. The minimum atomic E-state index is -1.00. The van der Waals surface area contributed by atoms with Crippen LogP contribution in [0.2, 0.25) is 0 Å². The van der Waals surface area contributed by atoms with Gasteiger partial charge in [0, 0.05) is 27.9 Å². The predicted octanol–water partition coefficient (Wildman–Crippen LogP) is 8.40. The largest absolute Gasteiger partial charge is 1.00 e. The van der Waals surface area contributed by atoms with Crippen LogP contribution in [0.15, 0.2) is 194 Å². The summed E-state index contributed by atoms with van der Waals surface area (Å²) in [6.07, 6.45) is 1.07. The number of hydrogen-bond donors (Lipinski definition) is 2. The van der Waals surface area contributed by atoms with Gasteiger partial charge in [-0.25, -0.2) is 0 Å². The summed E-state index contributed by atoms with van der Waals surface area (Å²) in [6.45, 7) is 11.8. The van der Waals surface area contributed by atoms with Gasteiger partial charge in [0.1, 0.15) is 36.2 Å². The Morgan fingerprint density at radius 1 is 0.368 bits per heavy atom. The molecule has 95 heavy (non-hydrogen) atoms. The smallest absolute Gasteiger partial charge is 1.00 e. The van der Waals surface area contributed by atoms with Crippen molar-refractivity contribution in [3.05, 3.63) is 194 Å². The van der Waals surface area contributed by atoms with Crippen molar-refractivity contribution in [1.29, 1.82) is 0 Å². The first-order chi connectivity index (χ1) is 46.3. The molecule has 0 aliphatic rings. The van der Waals surface area contributed by atoms with E-state index < -0.39 is 7.15 Å². The van der Waals surface area contributed by atoms with E-state index in [4.69, 9.17) is 63.5 Å². The molecule has 0 aliphatic heterocycles. The third kappa shape index (κ3) is 26.8. The SMILES string of the molecule is CCCOCCOCCOC.COCCOCCOCCOc1ccc(-c2c3ccccc3c(-c3ccc(OCCOCCOCCOC)cc3)c3ccccc23)cc1.O=CO[O-].Oc1ccc(-c2c3ccccc3c(-c3ccc(O)cc3)c3ccccc23)cc1.[2H]CF.[H-].[K+].[K+]. The molecule has 0 saturated heterocycles. The molecule has 16 nitrogen and oxygen atoms in total. The van der Waals surface area contributed by atoms with Crippen LogP contribution in [-0.2, 0) is 52.3 Å². The molecule has 10 aromatic rings. The van der Waals surface area contributed by atoms with E-state index in [1.807, 2.05) is 48.5 Å². The van der Waals surface area contributed by atoms with Crippen molar-refractivity contribution in [3.8, 4) is 67.5 Å². The number of methoxy groups -OCH3 is 3. The molecule has 19 heteroatoms. The maximum atomic E-state index is 9.96. The van der Waals surface area contributed by atoms with Gasteiger partial charge in [-0.3, -0.25) is 9.18 Å². The fraction of sp³-hybridized carbons (Fsp3) is 0.303. The standard InChI is InChI=1S/C40H46O8.C26H18O2.C8H18O3.CH3F.CH2O3.2K.H/c1-41-19-21-43-23-25-45-27-29-47-33-15-11-31(12-16-33)39-35-7-3-5-9-37(35)40(38-10-6-4-8-36(38)39)32-13-17-34(18-14-32)48-30-28-46-26-24-44-22-20-42-2;27-19-13-9-17(10-14-19)25-21-5-1-2-6-22(21)26(18-11-15-20(28)16-12-18)24-8-4-3-7-23(24)25;1-3-4-10-7-8-11-6-5-9-2;1-2;2-1-4-3;;;/h3-18H,19-30H2,1-2H3;1-16,27-28H;3-8H2,1-2H3;1H3;1,3H;;;/q;;;;;2*+1;-1/p-1/i;;;1D;;;;. The van der Waals surface area contributed by atoms with E-state index in [0.717, 1.165) is 79.5 Å². The number of phenolic OH excluding ortho intramolecular Hbond substituents is 2.